The summed E-state index contributed by atoms with van der Waals surface area (Å²) in [6, 6.07) is 3.80. The summed E-state index contributed by atoms with van der Waals surface area (Å²) >= 11 is 5.33. The molecule has 2 aliphatic rings. The molecule has 6 nitrogen and oxygen atoms in total. The molecular formula is C23H30F2N6S. The summed E-state index contributed by atoms with van der Waals surface area (Å²) in [5.74, 6) is 0.473. The van der Waals surface area contributed by atoms with Gasteiger partial charge in [0, 0.05) is 43.5 Å². The van der Waals surface area contributed by atoms with Crippen LogP contribution in [0, 0.1) is 11.6 Å². The lowest BCUT2D eigenvalue weighted by Gasteiger charge is -2.31. The Bertz CT molecular complexity index is 955. The maximum Gasteiger partial charge on any atom is 0.225 e. The van der Waals surface area contributed by atoms with Gasteiger partial charge in [-0.2, -0.15) is 4.98 Å². The van der Waals surface area contributed by atoms with Crippen molar-refractivity contribution in [3.63, 3.8) is 0 Å². The van der Waals surface area contributed by atoms with Gasteiger partial charge in [0.15, 0.2) is 5.11 Å². The summed E-state index contributed by atoms with van der Waals surface area (Å²) in [7, 11) is 4.07. The highest BCUT2D eigenvalue weighted by atomic mass is 32.1. The SMILES string of the molecule is CN(C)c1nc(NC2CCC(NC(=S)Nc3cc(F)cc(F)c3)CC2)nc2c1CCCC2. The maximum atomic E-state index is 13.4. The minimum atomic E-state index is -0.635. The summed E-state index contributed by atoms with van der Waals surface area (Å²) < 4.78 is 26.7. The fourth-order valence-electron chi connectivity index (χ4n) is 4.55. The smallest absolute Gasteiger partial charge is 0.225 e. The van der Waals surface area contributed by atoms with Gasteiger partial charge in [-0.25, -0.2) is 13.8 Å². The van der Waals surface area contributed by atoms with E-state index in [2.05, 4.69) is 20.9 Å². The lowest BCUT2D eigenvalue weighted by molar-refractivity contribution is 0.387. The summed E-state index contributed by atoms with van der Waals surface area (Å²) in [5, 5.41) is 10.1. The molecule has 172 valence electrons. The highest BCUT2D eigenvalue weighted by Gasteiger charge is 2.24. The van der Waals surface area contributed by atoms with Crippen molar-refractivity contribution in [3.8, 4) is 0 Å². The molecule has 0 unspecified atom stereocenters. The van der Waals surface area contributed by atoms with Crippen molar-refractivity contribution < 1.29 is 8.78 Å². The van der Waals surface area contributed by atoms with Gasteiger partial charge >= 0.3 is 0 Å². The number of rotatable bonds is 5. The Balaban J connectivity index is 1.30. The van der Waals surface area contributed by atoms with Gasteiger partial charge in [0.2, 0.25) is 5.95 Å². The highest BCUT2D eigenvalue weighted by Crippen LogP contribution is 2.29. The first-order valence-corrected chi connectivity index (χ1v) is 11.7. The van der Waals surface area contributed by atoms with E-state index >= 15 is 0 Å². The Labute approximate surface area is 193 Å². The molecule has 2 aliphatic carbocycles. The third kappa shape index (κ3) is 5.62. The summed E-state index contributed by atoms with van der Waals surface area (Å²) in [6.45, 7) is 0. The van der Waals surface area contributed by atoms with Gasteiger partial charge in [0.05, 0.1) is 5.69 Å². The molecule has 1 aromatic carbocycles. The number of aromatic nitrogens is 2. The number of halogens is 2. The Morgan fingerprint density at radius 2 is 1.62 bits per heavy atom. The molecule has 1 fully saturated rings. The first-order valence-electron chi connectivity index (χ1n) is 11.2. The first-order chi connectivity index (χ1) is 15.4. The van der Waals surface area contributed by atoms with E-state index in [1.54, 1.807) is 0 Å². The number of nitrogens with zero attached hydrogens (tertiary/aromatic N) is 3. The average molecular weight is 461 g/mol. The Morgan fingerprint density at radius 1 is 0.969 bits per heavy atom. The zero-order valence-electron chi connectivity index (χ0n) is 18.5. The third-order valence-corrected chi connectivity index (χ3v) is 6.32. The lowest BCUT2D eigenvalue weighted by atomic mass is 9.91. The molecule has 2 aromatic rings. The number of fused-ring (bicyclic) bond motifs is 1. The summed E-state index contributed by atoms with van der Waals surface area (Å²) in [6.07, 6.45) is 8.25. The highest BCUT2D eigenvalue weighted by molar-refractivity contribution is 7.80. The van der Waals surface area contributed by atoms with Crippen molar-refractivity contribution in [2.24, 2.45) is 0 Å². The van der Waals surface area contributed by atoms with E-state index in [1.165, 1.54) is 36.2 Å². The van der Waals surface area contributed by atoms with Crippen LogP contribution in [-0.4, -0.2) is 41.3 Å². The van der Waals surface area contributed by atoms with E-state index in [0.29, 0.717) is 16.8 Å². The second-order valence-electron chi connectivity index (χ2n) is 8.85. The predicted molar refractivity (Wildman–Crippen MR) is 128 cm³/mol. The Morgan fingerprint density at radius 3 is 2.31 bits per heavy atom. The standard InChI is InChI=1S/C23H30F2N6S/c1-31(2)21-19-5-3-4-6-20(19)29-22(30-21)26-16-7-9-17(10-8-16)27-23(32)28-18-12-14(24)11-15(25)13-18/h11-13,16-17H,3-10H2,1-2H3,(H,26,29,30)(H2,27,28,32). The van der Waals surface area contributed by atoms with Crippen molar-refractivity contribution in [3.05, 3.63) is 41.1 Å². The minimum Gasteiger partial charge on any atom is -0.362 e. The normalized spacial score (nSPS) is 20.2. The van der Waals surface area contributed by atoms with Gasteiger partial charge in [-0.05, 0) is 75.7 Å². The molecule has 1 heterocycles. The quantitative estimate of drug-likeness (QED) is 0.571. The molecular weight excluding hydrogens is 430 g/mol. The summed E-state index contributed by atoms with van der Waals surface area (Å²) in [4.78, 5) is 11.7. The largest absolute Gasteiger partial charge is 0.362 e. The van der Waals surface area contributed by atoms with Crippen molar-refractivity contribution in [1.29, 1.82) is 0 Å². The third-order valence-electron chi connectivity index (χ3n) is 6.10. The second-order valence-corrected chi connectivity index (χ2v) is 9.26. The second kappa shape index (κ2) is 9.94. The van der Waals surface area contributed by atoms with Crippen LogP contribution in [0.2, 0.25) is 0 Å². The van der Waals surface area contributed by atoms with Crippen LogP contribution < -0.4 is 20.9 Å². The van der Waals surface area contributed by atoms with E-state index in [-0.39, 0.29) is 6.04 Å². The molecule has 0 amide bonds. The van der Waals surface area contributed by atoms with Crippen LogP contribution >= 0.6 is 12.2 Å². The fraction of sp³-hybridized carbons (Fsp3) is 0.522. The van der Waals surface area contributed by atoms with Crippen LogP contribution in [0.25, 0.3) is 0 Å². The van der Waals surface area contributed by atoms with Gasteiger partial charge in [-0.1, -0.05) is 0 Å². The predicted octanol–water partition coefficient (Wildman–Crippen LogP) is 4.41. The molecule has 1 saturated carbocycles. The van der Waals surface area contributed by atoms with E-state index in [1.807, 2.05) is 14.1 Å². The van der Waals surface area contributed by atoms with E-state index in [0.717, 1.165) is 56.4 Å². The lowest BCUT2D eigenvalue weighted by Crippen LogP contribution is -2.42. The van der Waals surface area contributed by atoms with Crippen molar-refractivity contribution in [2.45, 2.75) is 63.5 Å². The number of benzene rings is 1. The molecule has 0 spiro atoms. The first kappa shape index (κ1) is 22.6. The molecule has 4 rings (SSSR count). The summed E-state index contributed by atoms with van der Waals surface area (Å²) in [5.41, 5.74) is 2.77. The molecule has 0 bridgehead atoms. The van der Waals surface area contributed by atoms with Gasteiger partial charge in [-0.15, -0.1) is 0 Å². The Hall–Kier alpha value is -2.55. The molecule has 0 radical (unpaired) electrons. The van der Waals surface area contributed by atoms with Crippen LogP contribution in [0.5, 0.6) is 0 Å². The molecule has 9 heteroatoms. The van der Waals surface area contributed by atoms with Crippen LogP contribution in [0.1, 0.15) is 49.8 Å². The molecule has 0 saturated heterocycles. The number of hydrogen-bond acceptors (Lipinski definition) is 5. The van der Waals surface area contributed by atoms with Gasteiger partial charge < -0.3 is 20.9 Å². The van der Waals surface area contributed by atoms with E-state index < -0.39 is 11.6 Å². The van der Waals surface area contributed by atoms with E-state index in [9.17, 15) is 8.78 Å². The van der Waals surface area contributed by atoms with Gasteiger partial charge in [0.1, 0.15) is 17.5 Å². The van der Waals surface area contributed by atoms with Crippen molar-refractivity contribution in [1.82, 2.24) is 15.3 Å². The number of anilines is 3. The van der Waals surface area contributed by atoms with Crippen LogP contribution in [0.4, 0.5) is 26.2 Å². The number of aryl methyl sites for hydroxylation is 1. The Kier molecular flexibility index (Phi) is 7.03. The van der Waals surface area contributed by atoms with Gasteiger partial charge in [-0.3, -0.25) is 0 Å². The molecule has 0 atom stereocenters. The molecule has 1 aromatic heterocycles. The number of nitrogens with one attached hydrogen (secondary N) is 3. The monoisotopic (exact) mass is 460 g/mol. The molecule has 32 heavy (non-hydrogen) atoms. The number of hydrogen-bond donors (Lipinski definition) is 3. The van der Waals surface area contributed by atoms with Crippen LogP contribution in [0.15, 0.2) is 18.2 Å². The minimum absolute atomic E-state index is 0.216. The fourth-order valence-corrected chi connectivity index (χ4v) is 4.84. The zero-order chi connectivity index (χ0) is 22.7. The maximum absolute atomic E-state index is 13.4. The topological polar surface area (TPSA) is 65.1 Å². The van der Waals surface area contributed by atoms with Crippen LogP contribution in [0.3, 0.4) is 0 Å². The molecule has 3 N–H and O–H groups in total. The number of thiocarbonyl (C=S) groups is 1. The average Bonchev–Trinajstić information content (AvgIpc) is 2.73. The zero-order valence-corrected chi connectivity index (χ0v) is 19.4. The van der Waals surface area contributed by atoms with E-state index in [4.69, 9.17) is 22.2 Å². The molecule has 0 aliphatic heterocycles. The van der Waals surface area contributed by atoms with Crippen molar-refractivity contribution in [2.75, 3.05) is 29.6 Å². The van der Waals surface area contributed by atoms with Crippen LogP contribution in [-0.2, 0) is 12.8 Å². The van der Waals surface area contributed by atoms with Gasteiger partial charge in [0.25, 0.3) is 0 Å². The van der Waals surface area contributed by atoms with Crippen molar-refractivity contribution >= 4 is 34.8 Å².